The van der Waals surface area contributed by atoms with Crippen LogP contribution in [0.1, 0.15) is 30.4 Å². The van der Waals surface area contributed by atoms with Crippen molar-refractivity contribution in [1.82, 2.24) is 9.78 Å². The molecular weight excluding hydrogens is 339 g/mol. The summed E-state index contributed by atoms with van der Waals surface area (Å²) in [7, 11) is 0. The van der Waals surface area contributed by atoms with Crippen LogP contribution in [-0.2, 0) is 0 Å². The Morgan fingerprint density at radius 1 is 1.00 bits per heavy atom. The molecule has 0 spiro atoms. The maximum Gasteiger partial charge on any atom is 0.151 e. The van der Waals surface area contributed by atoms with Gasteiger partial charge in [0.05, 0.1) is 16.9 Å². The van der Waals surface area contributed by atoms with Gasteiger partial charge in [-0.1, -0.05) is 23.8 Å². The molecule has 0 N–H and O–H groups in total. The van der Waals surface area contributed by atoms with E-state index in [4.69, 9.17) is 10.4 Å². The second-order valence-corrected chi connectivity index (χ2v) is 6.99. The number of hydrogen-bond acceptors (Lipinski definition) is 3. The SMILES string of the molecule is Cc1ccc(-n2nc(N3CCCCC3)cc2-c2ccc(C#N)c(F)c2)cc1. The van der Waals surface area contributed by atoms with Crippen molar-refractivity contribution in [2.75, 3.05) is 18.0 Å². The zero-order valence-electron chi connectivity index (χ0n) is 15.3. The number of aryl methyl sites for hydroxylation is 1. The fourth-order valence-electron chi connectivity index (χ4n) is 3.50. The highest BCUT2D eigenvalue weighted by Crippen LogP contribution is 2.30. The lowest BCUT2D eigenvalue weighted by Crippen LogP contribution is -2.29. The lowest BCUT2D eigenvalue weighted by molar-refractivity contribution is 0.571. The maximum atomic E-state index is 14.2. The molecule has 1 fully saturated rings. The first-order valence-corrected chi connectivity index (χ1v) is 9.28. The zero-order valence-corrected chi connectivity index (χ0v) is 15.3. The van der Waals surface area contributed by atoms with E-state index in [0.29, 0.717) is 5.56 Å². The highest BCUT2D eigenvalue weighted by atomic mass is 19.1. The monoisotopic (exact) mass is 360 g/mol. The molecule has 4 rings (SSSR count). The van der Waals surface area contributed by atoms with Crippen LogP contribution >= 0.6 is 0 Å². The molecule has 27 heavy (non-hydrogen) atoms. The lowest BCUT2D eigenvalue weighted by atomic mass is 10.1. The van der Waals surface area contributed by atoms with E-state index >= 15 is 0 Å². The van der Waals surface area contributed by atoms with Crippen LogP contribution in [0.15, 0.2) is 48.5 Å². The van der Waals surface area contributed by atoms with Gasteiger partial charge in [0, 0.05) is 24.7 Å². The van der Waals surface area contributed by atoms with Gasteiger partial charge in [-0.25, -0.2) is 9.07 Å². The highest BCUT2D eigenvalue weighted by Gasteiger charge is 2.19. The summed E-state index contributed by atoms with van der Waals surface area (Å²) < 4.78 is 16.1. The molecule has 0 radical (unpaired) electrons. The van der Waals surface area contributed by atoms with Gasteiger partial charge in [0.1, 0.15) is 11.9 Å². The van der Waals surface area contributed by atoms with Crippen molar-refractivity contribution < 1.29 is 4.39 Å². The molecule has 2 aromatic carbocycles. The average molecular weight is 360 g/mol. The standard InChI is InChI=1S/C22H21FN4/c1-16-5-9-19(10-6-16)27-21(17-7-8-18(15-24)20(23)13-17)14-22(25-27)26-11-3-2-4-12-26/h5-10,13-14H,2-4,11-12H2,1H3. The molecule has 0 unspecified atom stereocenters. The number of halogens is 1. The normalized spacial score (nSPS) is 14.2. The van der Waals surface area contributed by atoms with Crippen molar-refractivity contribution in [1.29, 1.82) is 5.26 Å². The Morgan fingerprint density at radius 3 is 2.41 bits per heavy atom. The van der Waals surface area contributed by atoms with E-state index in [9.17, 15) is 4.39 Å². The predicted octanol–water partition coefficient (Wildman–Crippen LogP) is 4.85. The summed E-state index contributed by atoms with van der Waals surface area (Å²) in [6.07, 6.45) is 3.58. The Hall–Kier alpha value is -3.13. The van der Waals surface area contributed by atoms with Gasteiger partial charge in [0.2, 0.25) is 0 Å². The first-order valence-electron chi connectivity index (χ1n) is 9.28. The zero-order chi connectivity index (χ0) is 18.8. The summed E-state index contributed by atoms with van der Waals surface area (Å²) in [5, 5.41) is 13.8. The van der Waals surface area contributed by atoms with Gasteiger partial charge in [-0.3, -0.25) is 0 Å². The fraction of sp³-hybridized carbons (Fsp3) is 0.273. The third kappa shape index (κ3) is 3.43. The summed E-state index contributed by atoms with van der Waals surface area (Å²) in [6.45, 7) is 4.03. The van der Waals surface area contributed by atoms with Gasteiger partial charge in [0.25, 0.3) is 0 Å². The van der Waals surface area contributed by atoms with Crippen molar-refractivity contribution in [2.45, 2.75) is 26.2 Å². The third-order valence-electron chi connectivity index (χ3n) is 5.04. The average Bonchev–Trinajstić information content (AvgIpc) is 3.14. The minimum absolute atomic E-state index is 0.0522. The molecule has 4 nitrogen and oxygen atoms in total. The molecule has 5 heteroatoms. The number of aromatic nitrogens is 2. The Morgan fingerprint density at radius 2 is 1.74 bits per heavy atom. The van der Waals surface area contributed by atoms with E-state index in [1.165, 1.54) is 24.1 Å². The van der Waals surface area contributed by atoms with E-state index in [-0.39, 0.29) is 5.56 Å². The predicted molar refractivity (Wildman–Crippen MR) is 104 cm³/mol. The summed E-state index contributed by atoms with van der Waals surface area (Å²) in [6, 6.07) is 16.7. The van der Waals surface area contributed by atoms with E-state index in [1.807, 2.05) is 48.0 Å². The molecule has 136 valence electrons. The van der Waals surface area contributed by atoms with Gasteiger partial charge in [-0.15, -0.1) is 5.10 Å². The van der Waals surface area contributed by atoms with Crippen LogP contribution in [0.5, 0.6) is 0 Å². The molecule has 3 aromatic rings. The molecular formula is C22H21FN4. The molecule has 1 aliphatic heterocycles. The van der Waals surface area contributed by atoms with Crippen molar-refractivity contribution in [2.24, 2.45) is 0 Å². The third-order valence-corrected chi connectivity index (χ3v) is 5.04. The second-order valence-electron chi connectivity index (χ2n) is 6.99. The summed E-state index contributed by atoms with van der Waals surface area (Å²) in [4.78, 5) is 2.29. The molecule has 1 aliphatic rings. The van der Waals surface area contributed by atoms with Crippen LogP contribution in [0.2, 0.25) is 0 Å². The Bertz CT molecular complexity index is 992. The Balaban J connectivity index is 1.83. The number of piperidine rings is 1. The van der Waals surface area contributed by atoms with Crippen LogP contribution in [0, 0.1) is 24.1 Å². The van der Waals surface area contributed by atoms with Crippen LogP contribution < -0.4 is 4.90 Å². The smallest absolute Gasteiger partial charge is 0.151 e. The molecule has 0 saturated carbocycles. The summed E-state index contributed by atoms with van der Waals surface area (Å²) in [5.41, 5.74) is 3.69. The number of anilines is 1. The fourth-order valence-corrected chi connectivity index (χ4v) is 3.50. The summed E-state index contributed by atoms with van der Waals surface area (Å²) in [5.74, 6) is 0.404. The minimum atomic E-state index is -0.508. The molecule has 1 aromatic heterocycles. The summed E-state index contributed by atoms with van der Waals surface area (Å²) >= 11 is 0. The number of nitrogens with zero attached hydrogens (tertiary/aromatic N) is 4. The van der Waals surface area contributed by atoms with E-state index in [0.717, 1.165) is 43.1 Å². The number of nitriles is 1. The minimum Gasteiger partial charge on any atom is -0.355 e. The number of benzene rings is 2. The molecule has 0 bridgehead atoms. The van der Waals surface area contributed by atoms with Crippen molar-refractivity contribution in [3.05, 3.63) is 65.5 Å². The molecule has 2 heterocycles. The Kier molecular flexibility index (Phi) is 4.64. The second kappa shape index (κ2) is 7.24. The van der Waals surface area contributed by atoms with E-state index in [2.05, 4.69) is 4.90 Å². The topological polar surface area (TPSA) is 44.9 Å². The number of hydrogen-bond donors (Lipinski definition) is 0. The number of rotatable bonds is 3. The van der Waals surface area contributed by atoms with Gasteiger partial charge >= 0.3 is 0 Å². The van der Waals surface area contributed by atoms with Crippen molar-refractivity contribution in [3.8, 4) is 23.0 Å². The Labute approximate surface area is 158 Å². The van der Waals surface area contributed by atoms with Crippen molar-refractivity contribution >= 4 is 5.82 Å². The quantitative estimate of drug-likeness (QED) is 0.671. The highest BCUT2D eigenvalue weighted by molar-refractivity contribution is 5.67. The van der Waals surface area contributed by atoms with Crippen LogP contribution in [0.4, 0.5) is 10.2 Å². The van der Waals surface area contributed by atoms with E-state index in [1.54, 1.807) is 6.07 Å². The first kappa shape index (κ1) is 17.3. The van der Waals surface area contributed by atoms with Gasteiger partial charge < -0.3 is 4.90 Å². The largest absolute Gasteiger partial charge is 0.355 e. The lowest BCUT2D eigenvalue weighted by Gasteiger charge is -2.26. The van der Waals surface area contributed by atoms with Crippen LogP contribution in [0.25, 0.3) is 16.9 Å². The van der Waals surface area contributed by atoms with E-state index < -0.39 is 5.82 Å². The molecule has 0 atom stereocenters. The van der Waals surface area contributed by atoms with Gasteiger partial charge in [-0.2, -0.15) is 5.26 Å². The van der Waals surface area contributed by atoms with Gasteiger partial charge in [-0.05, 0) is 50.5 Å². The first-order chi connectivity index (χ1) is 13.2. The molecule has 1 saturated heterocycles. The van der Waals surface area contributed by atoms with Crippen LogP contribution in [0.3, 0.4) is 0 Å². The maximum absolute atomic E-state index is 14.2. The van der Waals surface area contributed by atoms with Crippen LogP contribution in [-0.4, -0.2) is 22.9 Å². The molecule has 0 aliphatic carbocycles. The van der Waals surface area contributed by atoms with Crippen molar-refractivity contribution in [3.63, 3.8) is 0 Å². The molecule has 0 amide bonds. The van der Waals surface area contributed by atoms with Gasteiger partial charge in [0.15, 0.2) is 5.82 Å².